The summed E-state index contributed by atoms with van der Waals surface area (Å²) in [7, 11) is 0. The smallest absolute Gasteiger partial charge is 0.238 e. The zero-order valence-corrected chi connectivity index (χ0v) is 13.9. The van der Waals surface area contributed by atoms with E-state index in [9.17, 15) is 15.0 Å². The van der Waals surface area contributed by atoms with Gasteiger partial charge in [0.05, 0.1) is 18.7 Å². The third kappa shape index (κ3) is 4.36. The lowest BCUT2D eigenvalue weighted by Crippen LogP contribution is -2.48. The summed E-state index contributed by atoms with van der Waals surface area (Å²) in [6.07, 6.45) is 1.10. The van der Waals surface area contributed by atoms with Gasteiger partial charge in [-0.05, 0) is 24.5 Å². The first-order valence-corrected chi connectivity index (χ1v) is 8.41. The monoisotopic (exact) mass is 341 g/mol. The number of aliphatic hydroxyl groups excluding tert-OH is 1. The number of carbonyl (C=O) groups is 1. The number of benzene rings is 2. The first kappa shape index (κ1) is 17.4. The fourth-order valence-electron chi connectivity index (χ4n) is 3.08. The summed E-state index contributed by atoms with van der Waals surface area (Å²) < 4.78 is 0. The summed E-state index contributed by atoms with van der Waals surface area (Å²) >= 11 is 0. The number of aliphatic hydroxyl groups is 1. The molecular weight excluding hydrogens is 318 g/mol. The van der Waals surface area contributed by atoms with E-state index in [-0.39, 0.29) is 30.3 Å². The number of carbonyl (C=O) groups excluding carboxylic acids is 1. The number of hydrogen-bond acceptors (Lipinski definition) is 5. The van der Waals surface area contributed by atoms with Crippen molar-refractivity contribution in [3.05, 3.63) is 65.7 Å². The number of hydrogen-bond donors (Lipinski definition) is 5. The molecule has 1 aliphatic rings. The second-order valence-electron chi connectivity index (χ2n) is 6.27. The normalized spacial score (nSPS) is 21.0. The van der Waals surface area contributed by atoms with Gasteiger partial charge in [0.25, 0.3) is 0 Å². The summed E-state index contributed by atoms with van der Waals surface area (Å²) in [5, 5.41) is 22.4. The van der Waals surface area contributed by atoms with Crippen LogP contribution >= 0.6 is 0 Å². The average Bonchev–Trinajstić information content (AvgIpc) is 3.12. The predicted molar refractivity (Wildman–Crippen MR) is 94.7 cm³/mol. The highest BCUT2D eigenvalue weighted by Crippen LogP contribution is 2.29. The van der Waals surface area contributed by atoms with E-state index in [1.165, 1.54) is 0 Å². The van der Waals surface area contributed by atoms with Gasteiger partial charge in [0, 0.05) is 5.56 Å². The Morgan fingerprint density at radius 1 is 1.12 bits per heavy atom. The quantitative estimate of drug-likeness (QED) is 0.541. The molecule has 5 N–H and O–H groups in total. The van der Waals surface area contributed by atoms with E-state index in [0.29, 0.717) is 12.8 Å². The van der Waals surface area contributed by atoms with Crippen LogP contribution in [0.2, 0.25) is 0 Å². The van der Waals surface area contributed by atoms with Gasteiger partial charge in [-0.2, -0.15) is 0 Å². The topological polar surface area (TPSA) is 93.6 Å². The van der Waals surface area contributed by atoms with Crippen LogP contribution in [0, 0.1) is 0 Å². The van der Waals surface area contributed by atoms with Crippen molar-refractivity contribution in [1.29, 1.82) is 0 Å². The number of rotatable bonds is 6. The number of aromatic hydroxyl groups is 1. The van der Waals surface area contributed by atoms with Gasteiger partial charge in [-0.15, -0.1) is 0 Å². The molecule has 2 unspecified atom stereocenters. The molecule has 6 nitrogen and oxygen atoms in total. The second-order valence-corrected chi connectivity index (χ2v) is 6.27. The molecule has 0 bridgehead atoms. The van der Waals surface area contributed by atoms with Crippen molar-refractivity contribution in [1.82, 2.24) is 16.2 Å². The minimum Gasteiger partial charge on any atom is -0.508 e. The Hall–Kier alpha value is -2.41. The number of hydrazine groups is 1. The van der Waals surface area contributed by atoms with Crippen molar-refractivity contribution in [2.24, 2.45) is 0 Å². The summed E-state index contributed by atoms with van der Waals surface area (Å²) in [5.74, 6) is 0.0422. The van der Waals surface area contributed by atoms with Gasteiger partial charge in [-0.25, -0.2) is 10.9 Å². The van der Waals surface area contributed by atoms with Crippen molar-refractivity contribution in [2.45, 2.75) is 31.0 Å². The Bertz CT molecular complexity index is 708. The van der Waals surface area contributed by atoms with E-state index >= 15 is 0 Å². The Morgan fingerprint density at radius 3 is 2.56 bits per heavy atom. The molecule has 1 saturated heterocycles. The number of nitrogens with one attached hydrogen (secondary N) is 3. The maximum absolute atomic E-state index is 12.5. The maximum atomic E-state index is 12.5. The molecule has 0 spiro atoms. The Kier molecular flexibility index (Phi) is 5.65. The lowest BCUT2D eigenvalue weighted by atomic mass is 10.0. The molecule has 0 aromatic heterocycles. The summed E-state index contributed by atoms with van der Waals surface area (Å²) in [6.45, 7) is -0.121. The zero-order chi connectivity index (χ0) is 17.6. The van der Waals surface area contributed by atoms with Crippen LogP contribution in [0.5, 0.6) is 5.75 Å². The predicted octanol–water partition coefficient (Wildman–Crippen LogP) is 1.02. The Morgan fingerprint density at radius 2 is 1.84 bits per heavy atom. The van der Waals surface area contributed by atoms with E-state index in [1.54, 1.807) is 12.1 Å². The minimum atomic E-state index is -0.422. The van der Waals surface area contributed by atoms with Crippen molar-refractivity contribution >= 4 is 5.91 Å². The van der Waals surface area contributed by atoms with Crippen LogP contribution in [0.1, 0.15) is 23.6 Å². The van der Waals surface area contributed by atoms with Crippen molar-refractivity contribution in [3.63, 3.8) is 0 Å². The molecule has 0 radical (unpaired) electrons. The summed E-state index contributed by atoms with van der Waals surface area (Å²) in [6, 6.07) is 15.9. The van der Waals surface area contributed by atoms with E-state index in [0.717, 1.165) is 11.1 Å². The van der Waals surface area contributed by atoms with Gasteiger partial charge >= 0.3 is 0 Å². The third-order valence-electron chi connectivity index (χ3n) is 4.42. The molecular formula is C19H23N3O3. The second kappa shape index (κ2) is 8.11. The van der Waals surface area contributed by atoms with E-state index in [2.05, 4.69) is 16.2 Å². The lowest BCUT2D eigenvalue weighted by Gasteiger charge is -2.19. The standard InChI is InChI=1S/C19H23N3O3/c23-12-14(10-13-6-2-1-3-7-13)20-19(25)17-11-16(21-22-17)15-8-4-5-9-18(15)24/h1-9,14,16-17,21-24H,10-12H2,(H,20,25)/t14-,16?,17?/m0/s1. The van der Waals surface area contributed by atoms with Crippen LogP contribution in [-0.2, 0) is 11.2 Å². The Balaban J connectivity index is 1.57. The molecule has 1 fully saturated rings. The average molecular weight is 341 g/mol. The first-order chi connectivity index (χ1) is 12.2. The van der Waals surface area contributed by atoms with E-state index in [1.807, 2.05) is 42.5 Å². The molecule has 6 heteroatoms. The van der Waals surface area contributed by atoms with Crippen LogP contribution in [-0.4, -0.2) is 34.8 Å². The molecule has 2 aromatic rings. The molecule has 2 aromatic carbocycles. The lowest BCUT2D eigenvalue weighted by molar-refractivity contribution is -0.123. The zero-order valence-electron chi connectivity index (χ0n) is 13.9. The minimum absolute atomic E-state index is 0.121. The van der Waals surface area contributed by atoms with Crippen molar-refractivity contribution in [2.75, 3.05) is 6.61 Å². The van der Waals surface area contributed by atoms with Gasteiger partial charge in [-0.1, -0.05) is 48.5 Å². The number of amides is 1. The van der Waals surface area contributed by atoms with E-state index in [4.69, 9.17) is 0 Å². The van der Waals surface area contributed by atoms with Gasteiger partial charge in [0.2, 0.25) is 5.91 Å². The highest BCUT2D eigenvalue weighted by atomic mass is 16.3. The highest BCUT2D eigenvalue weighted by Gasteiger charge is 2.32. The van der Waals surface area contributed by atoms with Gasteiger partial charge < -0.3 is 15.5 Å². The maximum Gasteiger partial charge on any atom is 0.238 e. The van der Waals surface area contributed by atoms with Crippen LogP contribution in [0.3, 0.4) is 0 Å². The molecule has 132 valence electrons. The fourth-order valence-corrected chi connectivity index (χ4v) is 3.08. The molecule has 1 aliphatic heterocycles. The van der Waals surface area contributed by atoms with Crippen LogP contribution < -0.4 is 16.2 Å². The van der Waals surface area contributed by atoms with Crippen LogP contribution in [0.4, 0.5) is 0 Å². The third-order valence-corrected chi connectivity index (χ3v) is 4.42. The molecule has 3 rings (SSSR count). The Labute approximate surface area is 146 Å². The number of phenols is 1. The molecule has 0 saturated carbocycles. The molecule has 25 heavy (non-hydrogen) atoms. The van der Waals surface area contributed by atoms with Gasteiger partial charge in [0.1, 0.15) is 11.8 Å². The SMILES string of the molecule is O=C(N[C@H](CO)Cc1ccccc1)C1CC(c2ccccc2O)NN1. The molecule has 0 aliphatic carbocycles. The molecule has 1 heterocycles. The first-order valence-electron chi connectivity index (χ1n) is 8.41. The van der Waals surface area contributed by atoms with Crippen LogP contribution in [0.25, 0.3) is 0 Å². The highest BCUT2D eigenvalue weighted by molar-refractivity contribution is 5.82. The summed E-state index contributed by atoms with van der Waals surface area (Å²) in [5.41, 5.74) is 7.84. The fraction of sp³-hybridized carbons (Fsp3) is 0.316. The van der Waals surface area contributed by atoms with E-state index < -0.39 is 6.04 Å². The number of para-hydroxylation sites is 1. The van der Waals surface area contributed by atoms with Gasteiger partial charge in [-0.3, -0.25) is 4.79 Å². The largest absolute Gasteiger partial charge is 0.508 e. The number of phenolic OH excluding ortho intramolecular Hbond substituents is 1. The van der Waals surface area contributed by atoms with Crippen molar-refractivity contribution in [3.8, 4) is 5.75 Å². The molecule has 1 amide bonds. The van der Waals surface area contributed by atoms with Gasteiger partial charge in [0.15, 0.2) is 0 Å². The van der Waals surface area contributed by atoms with Crippen molar-refractivity contribution < 1.29 is 15.0 Å². The summed E-state index contributed by atoms with van der Waals surface area (Å²) in [4.78, 5) is 12.5. The molecule has 3 atom stereocenters. The van der Waals surface area contributed by atoms with Crippen LogP contribution in [0.15, 0.2) is 54.6 Å².